The van der Waals surface area contributed by atoms with E-state index >= 15 is 0 Å². The van der Waals surface area contributed by atoms with E-state index in [2.05, 4.69) is 0 Å². The van der Waals surface area contributed by atoms with Crippen LogP contribution in [-0.4, -0.2) is 41.6 Å². The lowest BCUT2D eigenvalue weighted by molar-refractivity contribution is -0.141. The van der Waals surface area contributed by atoms with Gasteiger partial charge in [0.2, 0.25) is 5.91 Å². The van der Waals surface area contributed by atoms with Crippen LogP contribution in [-0.2, 0) is 9.59 Å². The molecule has 1 aliphatic rings. The fraction of sp³-hybridized carbons (Fsp3) is 0.429. The molecule has 6 heteroatoms. The van der Waals surface area contributed by atoms with Gasteiger partial charge in [-0.1, -0.05) is 6.07 Å². The third-order valence-electron chi connectivity index (χ3n) is 3.27. The number of nitrogens with zero attached hydrogens (tertiary/aromatic N) is 1. The Morgan fingerprint density at radius 1 is 1.45 bits per heavy atom. The average molecular weight is 281 g/mol. The highest BCUT2D eigenvalue weighted by Gasteiger charge is 2.30. The summed E-state index contributed by atoms with van der Waals surface area (Å²) in [5, 5.41) is 8.87. The maximum absolute atomic E-state index is 12.9. The van der Waals surface area contributed by atoms with Crippen LogP contribution in [0.25, 0.3) is 0 Å². The fourth-order valence-electron chi connectivity index (χ4n) is 2.16. The topological polar surface area (TPSA) is 66.8 Å². The molecule has 1 aromatic carbocycles. The molecule has 5 nitrogen and oxygen atoms in total. The first-order valence-corrected chi connectivity index (χ1v) is 6.45. The lowest BCUT2D eigenvalue weighted by atomic mass is 10.1. The number of benzene rings is 1. The molecule has 0 aliphatic carbocycles. The Kier molecular flexibility index (Phi) is 4.55. The first kappa shape index (κ1) is 14.3. The van der Waals surface area contributed by atoms with Crippen LogP contribution >= 0.6 is 0 Å². The summed E-state index contributed by atoms with van der Waals surface area (Å²) in [5.74, 6) is -1.48. The second-order valence-corrected chi connectivity index (χ2v) is 4.72. The minimum atomic E-state index is -0.865. The Balaban J connectivity index is 1.75. The summed E-state index contributed by atoms with van der Waals surface area (Å²) in [6.45, 7) is 0.875. The maximum Gasteiger partial charge on any atom is 0.308 e. The molecule has 1 unspecified atom stereocenters. The standard InChI is InChI=1S/C14H16FNO4/c15-11-2-1-3-12(8-11)20-7-5-13(17)16-6-4-10(9-16)14(18)19/h1-3,8,10H,4-7,9H2,(H,18,19). The lowest BCUT2D eigenvalue weighted by Gasteiger charge is -2.15. The van der Waals surface area contributed by atoms with E-state index in [0.717, 1.165) is 0 Å². The van der Waals surface area contributed by atoms with Crippen LogP contribution in [0.1, 0.15) is 12.8 Å². The van der Waals surface area contributed by atoms with Crippen molar-refractivity contribution in [2.24, 2.45) is 5.92 Å². The van der Waals surface area contributed by atoms with E-state index in [1.54, 1.807) is 6.07 Å². The SMILES string of the molecule is O=C(O)C1CCN(C(=O)CCOc2cccc(F)c2)C1. The van der Waals surface area contributed by atoms with Crippen molar-refractivity contribution < 1.29 is 23.8 Å². The average Bonchev–Trinajstić information content (AvgIpc) is 2.88. The quantitative estimate of drug-likeness (QED) is 0.888. The molecule has 1 heterocycles. The zero-order valence-corrected chi connectivity index (χ0v) is 10.9. The van der Waals surface area contributed by atoms with Crippen LogP contribution in [0.15, 0.2) is 24.3 Å². The second-order valence-electron chi connectivity index (χ2n) is 4.72. The van der Waals surface area contributed by atoms with E-state index in [4.69, 9.17) is 9.84 Å². The number of rotatable bonds is 5. The summed E-state index contributed by atoms with van der Waals surface area (Å²) in [5.41, 5.74) is 0. The van der Waals surface area contributed by atoms with Crippen molar-refractivity contribution in [1.82, 2.24) is 4.90 Å². The lowest BCUT2D eigenvalue weighted by Crippen LogP contribution is -2.30. The van der Waals surface area contributed by atoms with E-state index in [1.165, 1.54) is 23.1 Å². The Hall–Kier alpha value is -2.11. The van der Waals surface area contributed by atoms with Gasteiger partial charge in [0, 0.05) is 19.2 Å². The van der Waals surface area contributed by atoms with Crippen molar-refractivity contribution in [3.05, 3.63) is 30.1 Å². The minimum Gasteiger partial charge on any atom is -0.493 e. The van der Waals surface area contributed by atoms with Crippen molar-refractivity contribution >= 4 is 11.9 Å². The van der Waals surface area contributed by atoms with Crippen LogP contribution in [0.4, 0.5) is 4.39 Å². The molecule has 1 N–H and O–H groups in total. The number of ether oxygens (including phenoxy) is 1. The summed E-state index contributed by atoms with van der Waals surface area (Å²) >= 11 is 0. The molecular formula is C14H16FNO4. The molecule has 1 aliphatic heterocycles. The summed E-state index contributed by atoms with van der Waals surface area (Å²) in [6, 6.07) is 5.71. The van der Waals surface area contributed by atoms with Gasteiger partial charge >= 0.3 is 5.97 Å². The Bertz CT molecular complexity index is 506. The van der Waals surface area contributed by atoms with Crippen LogP contribution in [0.3, 0.4) is 0 Å². The predicted octanol–water partition coefficient (Wildman–Crippen LogP) is 1.53. The number of carboxylic acids is 1. The smallest absolute Gasteiger partial charge is 0.308 e. The molecular weight excluding hydrogens is 265 g/mol. The number of hydrogen-bond donors (Lipinski definition) is 1. The number of carbonyl (C=O) groups is 2. The van der Waals surface area contributed by atoms with Crippen LogP contribution < -0.4 is 4.74 Å². The number of likely N-dealkylation sites (tertiary alicyclic amines) is 1. The molecule has 1 fully saturated rings. The van der Waals surface area contributed by atoms with E-state index in [9.17, 15) is 14.0 Å². The van der Waals surface area contributed by atoms with Crippen molar-refractivity contribution in [2.45, 2.75) is 12.8 Å². The van der Waals surface area contributed by atoms with Gasteiger partial charge in [-0.2, -0.15) is 0 Å². The van der Waals surface area contributed by atoms with E-state index in [-0.39, 0.29) is 25.5 Å². The molecule has 2 rings (SSSR count). The molecule has 108 valence electrons. The molecule has 0 aromatic heterocycles. The third-order valence-corrected chi connectivity index (χ3v) is 3.27. The Morgan fingerprint density at radius 2 is 2.25 bits per heavy atom. The Labute approximate surface area is 116 Å². The summed E-state index contributed by atoms with van der Waals surface area (Å²) in [4.78, 5) is 24.2. The molecule has 1 atom stereocenters. The van der Waals surface area contributed by atoms with Crippen molar-refractivity contribution in [2.75, 3.05) is 19.7 Å². The van der Waals surface area contributed by atoms with E-state index in [0.29, 0.717) is 18.7 Å². The Morgan fingerprint density at radius 3 is 2.90 bits per heavy atom. The van der Waals surface area contributed by atoms with Gasteiger partial charge in [-0.05, 0) is 18.6 Å². The molecule has 1 saturated heterocycles. The van der Waals surface area contributed by atoms with Gasteiger partial charge in [-0.15, -0.1) is 0 Å². The number of aliphatic carboxylic acids is 1. The molecule has 1 aromatic rings. The maximum atomic E-state index is 12.9. The largest absolute Gasteiger partial charge is 0.493 e. The molecule has 20 heavy (non-hydrogen) atoms. The van der Waals surface area contributed by atoms with Crippen molar-refractivity contribution in [3.8, 4) is 5.75 Å². The molecule has 0 saturated carbocycles. The summed E-state index contributed by atoms with van der Waals surface area (Å²) in [6.07, 6.45) is 0.647. The highest BCUT2D eigenvalue weighted by Crippen LogP contribution is 2.17. The fourth-order valence-corrected chi connectivity index (χ4v) is 2.16. The number of carboxylic acid groups (broad SMARTS) is 1. The van der Waals surface area contributed by atoms with Crippen LogP contribution in [0.2, 0.25) is 0 Å². The van der Waals surface area contributed by atoms with Gasteiger partial charge in [0.25, 0.3) is 0 Å². The van der Waals surface area contributed by atoms with Gasteiger partial charge in [0.05, 0.1) is 18.9 Å². The third kappa shape index (κ3) is 3.69. The number of amides is 1. The van der Waals surface area contributed by atoms with E-state index < -0.39 is 17.7 Å². The predicted molar refractivity (Wildman–Crippen MR) is 68.8 cm³/mol. The second kappa shape index (κ2) is 6.36. The van der Waals surface area contributed by atoms with Crippen molar-refractivity contribution in [1.29, 1.82) is 0 Å². The molecule has 0 radical (unpaired) electrons. The van der Waals surface area contributed by atoms with Crippen molar-refractivity contribution in [3.63, 3.8) is 0 Å². The normalized spacial score (nSPS) is 18.1. The summed E-state index contributed by atoms with van der Waals surface area (Å²) < 4.78 is 18.2. The molecule has 0 spiro atoms. The molecule has 1 amide bonds. The van der Waals surface area contributed by atoms with Gasteiger partial charge in [-0.3, -0.25) is 9.59 Å². The minimum absolute atomic E-state index is 0.134. The van der Waals surface area contributed by atoms with Crippen LogP contribution in [0, 0.1) is 11.7 Å². The summed E-state index contributed by atoms with van der Waals surface area (Å²) in [7, 11) is 0. The highest BCUT2D eigenvalue weighted by atomic mass is 19.1. The first-order valence-electron chi connectivity index (χ1n) is 6.45. The number of halogens is 1. The van der Waals surface area contributed by atoms with Gasteiger partial charge in [0.15, 0.2) is 0 Å². The van der Waals surface area contributed by atoms with Gasteiger partial charge < -0.3 is 14.7 Å². The van der Waals surface area contributed by atoms with E-state index in [1.807, 2.05) is 0 Å². The van der Waals surface area contributed by atoms with Gasteiger partial charge in [-0.25, -0.2) is 4.39 Å². The number of hydrogen-bond acceptors (Lipinski definition) is 3. The van der Waals surface area contributed by atoms with Gasteiger partial charge in [0.1, 0.15) is 11.6 Å². The highest BCUT2D eigenvalue weighted by molar-refractivity contribution is 5.78. The zero-order valence-electron chi connectivity index (χ0n) is 10.9. The first-order chi connectivity index (χ1) is 9.56. The zero-order chi connectivity index (χ0) is 14.5. The monoisotopic (exact) mass is 281 g/mol. The number of carbonyl (C=O) groups excluding carboxylic acids is 1. The molecule has 0 bridgehead atoms. The van der Waals surface area contributed by atoms with Crippen LogP contribution in [0.5, 0.6) is 5.75 Å².